The van der Waals surface area contributed by atoms with Crippen LogP contribution in [0.1, 0.15) is 18.9 Å². The largest absolute Gasteiger partial charge is 0.490 e. The van der Waals surface area contributed by atoms with Gasteiger partial charge in [-0.15, -0.1) is 0 Å². The van der Waals surface area contributed by atoms with Crippen molar-refractivity contribution in [2.24, 2.45) is 7.05 Å². The van der Waals surface area contributed by atoms with Gasteiger partial charge in [0.1, 0.15) is 11.6 Å². The maximum absolute atomic E-state index is 13.6. The average Bonchev–Trinajstić information content (AvgIpc) is 3.20. The monoisotopic (exact) mass is 559 g/mol. The summed E-state index contributed by atoms with van der Waals surface area (Å²) < 4.78 is 54.9. The second kappa shape index (κ2) is 12.1. The first-order chi connectivity index (χ1) is 19.1. The van der Waals surface area contributed by atoms with E-state index in [4.69, 9.17) is 14.6 Å². The summed E-state index contributed by atoms with van der Waals surface area (Å²) in [5.74, 6) is -2.49. The van der Waals surface area contributed by atoms with Gasteiger partial charge in [0.05, 0.1) is 23.0 Å². The van der Waals surface area contributed by atoms with E-state index in [9.17, 15) is 22.4 Å². The lowest BCUT2D eigenvalue weighted by atomic mass is 10.0. The SMILES string of the molecule is Cn1c(=O)c(-c2ccc(F)cc2)c(-c2ccnc(Oc3ccccc3)n2)n1C1CCNCC1.O=C(O)C(F)(F)F. The molecule has 1 fully saturated rings. The summed E-state index contributed by atoms with van der Waals surface area (Å²) in [6.45, 7) is 1.74. The predicted octanol–water partition coefficient (Wildman–Crippen LogP) is 4.80. The van der Waals surface area contributed by atoms with Crippen LogP contribution in [0.3, 0.4) is 0 Å². The van der Waals surface area contributed by atoms with Crippen molar-refractivity contribution in [3.05, 3.63) is 83.0 Å². The number of hydrogen-bond acceptors (Lipinski definition) is 6. The van der Waals surface area contributed by atoms with Crippen molar-refractivity contribution in [2.75, 3.05) is 13.1 Å². The fraction of sp³-hybridized carbons (Fsp3) is 0.259. The maximum Gasteiger partial charge on any atom is 0.490 e. The molecule has 13 heteroatoms. The van der Waals surface area contributed by atoms with Gasteiger partial charge < -0.3 is 15.2 Å². The van der Waals surface area contributed by atoms with Gasteiger partial charge in [-0.3, -0.25) is 14.2 Å². The molecule has 1 saturated heterocycles. The van der Waals surface area contributed by atoms with E-state index in [1.807, 2.05) is 35.0 Å². The lowest BCUT2D eigenvalue weighted by Gasteiger charge is -2.27. The lowest BCUT2D eigenvalue weighted by Crippen LogP contribution is -2.33. The minimum absolute atomic E-state index is 0.126. The number of benzene rings is 2. The highest BCUT2D eigenvalue weighted by molar-refractivity contribution is 5.79. The Morgan fingerprint density at radius 3 is 2.27 bits per heavy atom. The highest BCUT2D eigenvalue weighted by Gasteiger charge is 2.38. The standard InChI is InChI=1S/C25H24FN5O2.C2HF3O2/c1-30-24(32)22(17-7-9-18(26)10-8-17)23(31(30)19-11-14-27-15-12-19)21-13-16-28-25(29-21)33-20-5-3-2-4-6-20;3-2(4,5)1(6)7/h2-10,13,16,19,27H,11-12,14-15H2,1H3;(H,6,7). The molecule has 210 valence electrons. The second-order valence-electron chi connectivity index (χ2n) is 8.83. The molecule has 0 atom stereocenters. The number of carboxylic acid groups (broad SMARTS) is 1. The Kier molecular flexibility index (Phi) is 8.63. The Morgan fingerprint density at radius 2 is 1.68 bits per heavy atom. The number of piperidine rings is 1. The molecular weight excluding hydrogens is 534 g/mol. The molecule has 2 aromatic heterocycles. The molecule has 2 aromatic carbocycles. The summed E-state index contributed by atoms with van der Waals surface area (Å²) in [4.78, 5) is 31.3. The van der Waals surface area contributed by atoms with Gasteiger partial charge in [-0.25, -0.2) is 14.2 Å². The van der Waals surface area contributed by atoms with Crippen molar-refractivity contribution < 1.29 is 32.2 Å². The molecule has 0 unspecified atom stereocenters. The number of aliphatic carboxylic acids is 1. The van der Waals surface area contributed by atoms with Gasteiger partial charge in [0, 0.05) is 13.2 Å². The van der Waals surface area contributed by atoms with Crippen molar-refractivity contribution in [1.29, 1.82) is 0 Å². The second-order valence-corrected chi connectivity index (χ2v) is 8.83. The van der Waals surface area contributed by atoms with Crippen LogP contribution < -0.4 is 15.6 Å². The average molecular weight is 560 g/mol. The van der Waals surface area contributed by atoms with Crippen molar-refractivity contribution in [2.45, 2.75) is 25.1 Å². The molecule has 0 saturated carbocycles. The Hall–Kier alpha value is -4.52. The normalized spacial score (nSPS) is 13.8. The fourth-order valence-corrected chi connectivity index (χ4v) is 4.34. The minimum atomic E-state index is -5.08. The van der Waals surface area contributed by atoms with Gasteiger partial charge in [-0.05, 0) is 61.8 Å². The Labute approximate surface area is 225 Å². The number of alkyl halides is 3. The van der Waals surface area contributed by atoms with Gasteiger partial charge in [0.15, 0.2) is 0 Å². The number of carboxylic acids is 1. The molecule has 1 aliphatic heterocycles. The van der Waals surface area contributed by atoms with E-state index in [0.717, 1.165) is 25.9 Å². The number of rotatable bonds is 5. The van der Waals surface area contributed by atoms with E-state index < -0.39 is 12.1 Å². The Bertz CT molecular complexity index is 1510. The van der Waals surface area contributed by atoms with Crippen LogP contribution in [0, 0.1) is 5.82 Å². The van der Waals surface area contributed by atoms with Crippen LogP contribution >= 0.6 is 0 Å². The smallest absolute Gasteiger partial charge is 0.475 e. The zero-order valence-electron chi connectivity index (χ0n) is 21.2. The minimum Gasteiger partial charge on any atom is -0.475 e. The molecule has 5 rings (SSSR count). The van der Waals surface area contributed by atoms with E-state index in [2.05, 4.69) is 15.3 Å². The van der Waals surface area contributed by atoms with Gasteiger partial charge in [-0.1, -0.05) is 30.3 Å². The highest BCUT2D eigenvalue weighted by atomic mass is 19.4. The van der Waals surface area contributed by atoms with Crippen LogP contribution in [0.5, 0.6) is 11.8 Å². The number of nitrogens with zero attached hydrogens (tertiary/aromatic N) is 4. The number of ether oxygens (including phenoxy) is 1. The zero-order valence-corrected chi connectivity index (χ0v) is 21.2. The lowest BCUT2D eigenvalue weighted by molar-refractivity contribution is -0.192. The van der Waals surface area contributed by atoms with Crippen LogP contribution in [0.15, 0.2) is 71.7 Å². The number of aromatic nitrogens is 4. The summed E-state index contributed by atoms with van der Waals surface area (Å²) in [5.41, 5.74) is 2.23. The van der Waals surface area contributed by atoms with Gasteiger partial charge in [-0.2, -0.15) is 18.2 Å². The number of halogens is 4. The molecule has 40 heavy (non-hydrogen) atoms. The molecule has 0 amide bonds. The zero-order chi connectivity index (χ0) is 28.9. The van der Waals surface area contributed by atoms with Crippen molar-refractivity contribution in [3.8, 4) is 34.3 Å². The van der Waals surface area contributed by atoms with Gasteiger partial charge in [0.2, 0.25) is 0 Å². The van der Waals surface area contributed by atoms with Crippen molar-refractivity contribution in [1.82, 2.24) is 24.6 Å². The molecule has 0 spiro atoms. The molecule has 9 nitrogen and oxygen atoms in total. The van der Waals surface area contributed by atoms with Crippen molar-refractivity contribution in [3.63, 3.8) is 0 Å². The number of hydrogen-bond donors (Lipinski definition) is 2. The summed E-state index contributed by atoms with van der Waals surface area (Å²) in [6.07, 6.45) is -1.69. The molecule has 4 aromatic rings. The molecule has 3 heterocycles. The molecular formula is C27H25F4N5O4. The first-order valence-corrected chi connectivity index (χ1v) is 12.2. The van der Waals surface area contributed by atoms with E-state index in [1.54, 1.807) is 36.1 Å². The molecule has 1 aliphatic rings. The predicted molar refractivity (Wildman–Crippen MR) is 137 cm³/mol. The molecule has 0 bridgehead atoms. The highest BCUT2D eigenvalue weighted by Crippen LogP contribution is 2.34. The Morgan fingerprint density at radius 1 is 1.05 bits per heavy atom. The summed E-state index contributed by atoms with van der Waals surface area (Å²) in [7, 11) is 1.77. The van der Waals surface area contributed by atoms with E-state index in [1.165, 1.54) is 12.1 Å². The summed E-state index contributed by atoms with van der Waals surface area (Å²) in [5, 5.41) is 10.5. The van der Waals surface area contributed by atoms with E-state index in [0.29, 0.717) is 28.3 Å². The van der Waals surface area contributed by atoms with E-state index in [-0.39, 0.29) is 23.4 Å². The fourth-order valence-electron chi connectivity index (χ4n) is 4.34. The number of carbonyl (C=O) groups is 1. The first-order valence-electron chi connectivity index (χ1n) is 12.2. The molecule has 0 radical (unpaired) electrons. The van der Waals surface area contributed by atoms with E-state index >= 15 is 0 Å². The van der Waals surface area contributed by atoms with Crippen molar-refractivity contribution >= 4 is 5.97 Å². The summed E-state index contributed by atoms with van der Waals surface area (Å²) in [6, 6.07) is 17.4. The third-order valence-corrected chi connectivity index (χ3v) is 6.16. The topological polar surface area (TPSA) is 111 Å². The third kappa shape index (κ3) is 6.54. The number of nitrogens with one attached hydrogen (secondary N) is 1. The van der Waals surface area contributed by atoms with Gasteiger partial charge in [0.25, 0.3) is 5.56 Å². The van der Waals surface area contributed by atoms with Crippen LogP contribution in [0.25, 0.3) is 22.5 Å². The molecule has 2 N–H and O–H groups in total. The van der Waals surface area contributed by atoms with Crippen LogP contribution in [0.2, 0.25) is 0 Å². The van der Waals surface area contributed by atoms with Crippen LogP contribution in [-0.4, -0.2) is 49.7 Å². The number of para-hydroxylation sites is 1. The summed E-state index contributed by atoms with van der Waals surface area (Å²) >= 11 is 0. The van der Waals surface area contributed by atoms with Crippen LogP contribution in [-0.2, 0) is 11.8 Å². The molecule has 0 aliphatic carbocycles. The first kappa shape index (κ1) is 28.5. The van der Waals surface area contributed by atoms with Gasteiger partial charge >= 0.3 is 18.2 Å². The maximum atomic E-state index is 13.6. The van der Waals surface area contributed by atoms with Crippen LogP contribution in [0.4, 0.5) is 17.6 Å². The Balaban J connectivity index is 0.000000470. The third-order valence-electron chi connectivity index (χ3n) is 6.16. The quantitative estimate of drug-likeness (QED) is 0.338.